The van der Waals surface area contributed by atoms with E-state index in [1.165, 1.54) is 12.1 Å². The van der Waals surface area contributed by atoms with E-state index in [0.29, 0.717) is 12.0 Å². The molecule has 1 heteroatoms. The minimum Gasteiger partial charge on any atom is -0.303 e. The lowest BCUT2D eigenvalue weighted by Crippen LogP contribution is -2.25. The molecule has 0 radical (unpaired) electrons. The van der Waals surface area contributed by atoms with Crippen LogP contribution in [0.25, 0.3) is 0 Å². The fourth-order valence-electron chi connectivity index (χ4n) is 3.01. The zero-order valence-electron chi connectivity index (χ0n) is 10.2. The van der Waals surface area contributed by atoms with E-state index in [9.17, 15) is 0 Å². The summed E-state index contributed by atoms with van der Waals surface area (Å²) in [5.74, 6) is 1.47. The largest absolute Gasteiger partial charge is 0.303 e. The smallest absolute Gasteiger partial charge is 0.0136 e. The second kappa shape index (κ2) is 3.97. The van der Waals surface area contributed by atoms with E-state index in [4.69, 9.17) is 0 Å². The molecule has 0 saturated carbocycles. The highest BCUT2D eigenvalue weighted by Gasteiger charge is 2.35. The molecular formula is C14H21N. The average Bonchev–Trinajstić information content (AvgIpc) is 2.43. The maximum Gasteiger partial charge on any atom is 0.0136 e. The van der Waals surface area contributed by atoms with E-state index in [0.717, 1.165) is 5.92 Å². The van der Waals surface area contributed by atoms with Gasteiger partial charge in [-0.2, -0.15) is 0 Å². The topological polar surface area (TPSA) is 3.24 Å². The molecule has 0 amide bonds. The van der Waals surface area contributed by atoms with Gasteiger partial charge in [0.1, 0.15) is 0 Å². The van der Waals surface area contributed by atoms with Crippen LogP contribution in [0.2, 0.25) is 0 Å². The van der Waals surface area contributed by atoms with Crippen molar-refractivity contribution in [2.45, 2.75) is 32.7 Å². The molecule has 2 rings (SSSR count). The highest BCUT2D eigenvalue weighted by atomic mass is 15.2. The Balaban J connectivity index is 2.35. The number of aryl methyl sites for hydroxylation is 1. The molecule has 0 bridgehead atoms. The molecular weight excluding hydrogens is 182 g/mol. The number of likely N-dealkylation sites (tertiary alicyclic amines) is 1. The van der Waals surface area contributed by atoms with E-state index in [-0.39, 0.29) is 0 Å². The van der Waals surface area contributed by atoms with Gasteiger partial charge in [-0.25, -0.2) is 0 Å². The highest BCUT2D eigenvalue weighted by Crippen LogP contribution is 2.37. The molecule has 0 aliphatic carbocycles. The average molecular weight is 203 g/mol. The van der Waals surface area contributed by atoms with Crippen LogP contribution in [0.3, 0.4) is 0 Å². The van der Waals surface area contributed by atoms with Crippen LogP contribution in [-0.4, -0.2) is 24.5 Å². The van der Waals surface area contributed by atoms with Gasteiger partial charge in [-0.1, -0.05) is 31.2 Å². The first kappa shape index (κ1) is 10.7. The molecule has 0 N–H and O–H groups in total. The van der Waals surface area contributed by atoms with Crippen LogP contribution in [-0.2, 0) is 0 Å². The monoisotopic (exact) mass is 203 g/mol. The third-order valence-corrected chi connectivity index (χ3v) is 3.95. The van der Waals surface area contributed by atoms with Gasteiger partial charge in [-0.3, -0.25) is 0 Å². The fraction of sp³-hybridized carbons (Fsp3) is 0.571. The van der Waals surface area contributed by atoms with Crippen LogP contribution >= 0.6 is 0 Å². The van der Waals surface area contributed by atoms with Gasteiger partial charge < -0.3 is 4.90 Å². The molecule has 1 aliphatic rings. The number of nitrogens with zero attached hydrogens (tertiary/aromatic N) is 1. The number of hydrogen-bond donors (Lipinski definition) is 0. The van der Waals surface area contributed by atoms with Crippen molar-refractivity contribution in [3.63, 3.8) is 0 Å². The summed E-state index contributed by atoms with van der Waals surface area (Å²) in [7, 11) is 2.24. The maximum atomic E-state index is 2.47. The van der Waals surface area contributed by atoms with Crippen LogP contribution in [0.4, 0.5) is 0 Å². The second-order valence-corrected chi connectivity index (χ2v) is 5.04. The van der Waals surface area contributed by atoms with Crippen LogP contribution in [0.1, 0.15) is 30.9 Å². The molecule has 1 aliphatic heterocycles. The molecule has 0 aromatic heterocycles. The standard InChI is InChI=1S/C14H21N/c1-10-7-5-6-8-13(10)14-11(2)9-15(4)12(14)3/h5-8,11-12,14H,9H2,1-4H3. The van der Waals surface area contributed by atoms with Gasteiger partial charge in [0.2, 0.25) is 0 Å². The Bertz CT molecular complexity index is 345. The summed E-state index contributed by atoms with van der Waals surface area (Å²) in [6.45, 7) is 8.17. The molecule has 1 fully saturated rings. The Hall–Kier alpha value is -0.820. The summed E-state index contributed by atoms with van der Waals surface area (Å²) in [4.78, 5) is 2.47. The number of hydrogen-bond acceptors (Lipinski definition) is 1. The quantitative estimate of drug-likeness (QED) is 0.678. The number of rotatable bonds is 1. The lowest BCUT2D eigenvalue weighted by molar-refractivity contribution is 0.317. The van der Waals surface area contributed by atoms with E-state index in [1.807, 2.05) is 0 Å². The summed E-state index contributed by atoms with van der Waals surface area (Å²) in [5.41, 5.74) is 2.98. The Morgan fingerprint density at radius 1 is 1.20 bits per heavy atom. The predicted octanol–water partition coefficient (Wildman–Crippen LogP) is 3.05. The van der Waals surface area contributed by atoms with Crippen LogP contribution in [0.5, 0.6) is 0 Å². The first-order valence-electron chi connectivity index (χ1n) is 5.87. The molecule has 3 atom stereocenters. The minimum absolute atomic E-state index is 0.668. The summed E-state index contributed by atoms with van der Waals surface area (Å²) < 4.78 is 0. The van der Waals surface area contributed by atoms with Gasteiger partial charge in [0, 0.05) is 18.5 Å². The van der Waals surface area contributed by atoms with E-state index in [1.54, 1.807) is 5.56 Å². The van der Waals surface area contributed by atoms with Crippen molar-refractivity contribution >= 4 is 0 Å². The van der Waals surface area contributed by atoms with Gasteiger partial charge in [0.25, 0.3) is 0 Å². The Morgan fingerprint density at radius 2 is 1.87 bits per heavy atom. The number of likely N-dealkylation sites (N-methyl/N-ethyl adjacent to an activating group) is 1. The summed E-state index contributed by atoms with van der Waals surface area (Å²) >= 11 is 0. The normalized spacial score (nSPS) is 32.1. The number of benzene rings is 1. The summed E-state index contributed by atoms with van der Waals surface area (Å²) in [6, 6.07) is 9.49. The Kier molecular flexibility index (Phi) is 2.83. The molecule has 1 aromatic rings. The molecule has 15 heavy (non-hydrogen) atoms. The fourth-order valence-corrected chi connectivity index (χ4v) is 3.01. The zero-order chi connectivity index (χ0) is 11.0. The molecule has 1 nitrogen and oxygen atoms in total. The minimum atomic E-state index is 0.668. The van der Waals surface area contributed by atoms with Crippen LogP contribution in [0.15, 0.2) is 24.3 Å². The van der Waals surface area contributed by atoms with Gasteiger partial charge >= 0.3 is 0 Å². The molecule has 1 saturated heterocycles. The highest BCUT2D eigenvalue weighted by molar-refractivity contribution is 5.31. The third-order valence-electron chi connectivity index (χ3n) is 3.95. The molecule has 1 aromatic carbocycles. The lowest BCUT2D eigenvalue weighted by Gasteiger charge is -2.23. The zero-order valence-corrected chi connectivity index (χ0v) is 10.2. The van der Waals surface area contributed by atoms with Crippen molar-refractivity contribution in [1.29, 1.82) is 0 Å². The molecule has 82 valence electrons. The first-order valence-corrected chi connectivity index (χ1v) is 5.87. The van der Waals surface area contributed by atoms with Gasteiger partial charge in [0.15, 0.2) is 0 Å². The molecule has 3 unspecified atom stereocenters. The summed E-state index contributed by atoms with van der Waals surface area (Å²) in [5, 5.41) is 0. The maximum absolute atomic E-state index is 2.47. The second-order valence-electron chi connectivity index (χ2n) is 5.04. The van der Waals surface area contributed by atoms with Crippen molar-refractivity contribution in [3.05, 3.63) is 35.4 Å². The van der Waals surface area contributed by atoms with Crippen molar-refractivity contribution in [3.8, 4) is 0 Å². The van der Waals surface area contributed by atoms with Crippen molar-refractivity contribution < 1.29 is 0 Å². The summed E-state index contributed by atoms with van der Waals surface area (Å²) in [6.07, 6.45) is 0. The predicted molar refractivity (Wildman–Crippen MR) is 65.2 cm³/mol. The Labute approximate surface area is 93.1 Å². The molecule has 0 spiro atoms. The van der Waals surface area contributed by atoms with Gasteiger partial charge in [-0.15, -0.1) is 0 Å². The molecule has 1 heterocycles. The van der Waals surface area contributed by atoms with E-state index in [2.05, 4.69) is 57.0 Å². The SMILES string of the molecule is Cc1ccccc1C1C(C)CN(C)C1C. The van der Waals surface area contributed by atoms with Crippen molar-refractivity contribution in [2.24, 2.45) is 5.92 Å². The van der Waals surface area contributed by atoms with E-state index < -0.39 is 0 Å². The van der Waals surface area contributed by atoms with Crippen LogP contribution in [0, 0.1) is 12.8 Å². The van der Waals surface area contributed by atoms with Crippen molar-refractivity contribution in [2.75, 3.05) is 13.6 Å². The van der Waals surface area contributed by atoms with Gasteiger partial charge in [-0.05, 0) is 37.9 Å². The first-order chi connectivity index (χ1) is 7.11. The lowest BCUT2D eigenvalue weighted by atomic mass is 9.84. The Morgan fingerprint density at radius 3 is 2.40 bits per heavy atom. The third kappa shape index (κ3) is 1.81. The van der Waals surface area contributed by atoms with Crippen LogP contribution < -0.4 is 0 Å². The van der Waals surface area contributed by atoms with Gasteiger partial charge in [0.05, 0.1) is 0 Å². The van der Waals surface area contributed by atoms with Crippen molar-refractivity contribution in [1.82, 2.24) is 4.90 Å². The van der Waals surface area contributed by atoms with E-state index >= 15 is 0 Å².